The van der Waals surface area contributed by atoms with Crippen LogP contribution in [0, 0.1) is 0 Å². The van der Waals surface area contributed by atoms with Crippen LogP contribution in [0.2, 0.25) is 0 Å². The number of rotatable bonds is 8. The fourth-order valence-electron chi connectivity index (χ4n) is 5.82. The third-order valence-electron chi connectivity index (χ3n) is 7.94. The van der Waals surface area contributed by atoms with Gasteiger partial charge in [0.15, 0.2) is 5.13 Å². The summed E-state index contributed by atoms with van der Waals surface area (Å²) in [5.74, 6) is 0.510. The first-order valence-electron chi connectivity index (χ1n) is 13.4. The molecule has 2 aliphatic heterocycles. The summed E-state index contributed by atoms with van der Waals surface area (Å²) >= 11 is 1.45. The van der Waals surface area contributed by atoms with Gasteiger partial charge in [-0.05, 0) is 41.8 Å². The van der Waals surface area contributed by atoms with Crippen LogP contribution in [-0.4, -0.2) is 78.5 Å². The highest BCUT2D eigenvalue weighted by Gasteiger charge is 2.49. The zero-order valence-electron chi connectivity index (χ0n) is 22.9. The van der Waals surface area contributed by atoms with Crippen molar-refractivity contribution in [3.05, 3.63) is 71.8 Å². The molecule has 6 rings (SSSR count). The Hall–Kier alpha value is -3.58. The Balaban J connectivity index is 1.42. The van der Waals surface area contributed by atoms with E-state index in [1.165, 1.54) is 15.6 Å². The third kappa shape index (κ3) is 4.94. The van der Waals surface area contributed by atoms with Gasteiger partial charge in [0.25, 0.3) is 0 Å². The standard InChI is InChI=1S/C29H31N5O5S2/c1-20(36)32-13-12-29(18-32)19-34(28-30-24-9-11-26(39-2)31-27(24)40-28)25-10-8-22(16-23(25)29)41(37,38)33(14-15-35)17-21-6-4-3-5-7-21/h3-11,16,35H,12-15,17-19H2,1-2H3. The molecule has 10 nitrogen and oxygen atoms in total. The number of aromatic nitrogens is 2. The van der Waals surface area contributed by atoms with E-state index in [2.05, 4.69) is 9.88 Å². The summed E-state index contributed by atoms with van der Waals surface area (Å²) in [6.07, 6.45) is 0.709. The number of benzene rings is 2. The number of carbonyl (C=O) groups excluding carboxylic acids is 1. The zero-order valence-corrected chi connectivity index (χ0v) is 24.5. The van der Waals surface area contributed by atoms with E-state index in [-0.39, 0.29) is 30.5 Å². The second-order valence-electron chi connectivity index (χ2n) is 10.5. The number of sulfonamides is 1. The number of aliphatic hydroxyl groups excluding tert-OH is 1. The van der Waals surface area contributed by atoms with Gasteiger partial charge in [0.2, 0.25) is 21.8 Å². The number of aliphatic hydroxyl groups is 1. The molecule has 1 atom stereocenters. The smallest absolute Gasteiger partial charge is 0.243 e. The largest absolute Gasteiger partial charge is 0.481 e. The van der Waals surface area contributed by atoms with Crippen molar-refractivity contribution in [1.29, 1.82) is 0 Å². The average Bonchev–Trinajstić information content (AvgIpc) is 3.68. The molecule has 1 N–H and O–H groups in total. The van der Waals surface area contributed by atoms with Crippen molar-refractivity contribution in [2.24, 2.45) is 0 Å². The predicted molar refractivity (Wildman–Crippen MR) is 157 cm³/mol. The number of anilines is 2. The van der Waals surface area contributed by atoms with E-state index in [1.54, 1.807) is 32.2 Å². The van der Waals surface area contributed by atoms with Crippen molar-refractivity contribution in [2.45, 2.75) is 30.2 Å². The van der Waals surface area contributed by atoms with Crippen LogP contribution in [0.15, 0.2) is 65.6 Å². The number of fused-ring (bicyclic) bond motifs is 3. The number of methoxy groups -OCH3 is 1. The number of likely N-dealkylation sites (tertiary alicyclic amines) is 1. The van der Waals surface area contributed by atoms with Gasteiger partial charge in [-0.2, -0.15) is 4.31 Å². The molecule has 0 saturated carbocycles. The molecule has 1 amide bonds. The van der Waals surface area contributed by atoms with Crippen LogP contribution in [0.4, 0.5) is 10.8 Å². The van der Waals surface area contributed by atoms with Crippen molar-refractivity contribution in [1.82, 2.24) is 19.2 Å². The Bertz CT molecular complexity index is 1710. The zero-order chi connectivity index (χ0) is 28.8. The Labute approximate surface area is 242 Å². The van der Waals surface area contributed by atoms with Gasteiger partial charge in [0, 0.05) is 56.8 Å². The van der Waals surface area contributed by atoms with Crippen LogP contribution in [0.25, 0.3) is 10.3 Å². The molecule has 0 aliphatic carbocycles. The summed E-state index contributed by atoms with van der Waals surface area (Å²) in [6.45, 7) is 3.07. The number of carbonyl (C=O) groups is 1. The van der Waals surface area contributed by atoms with Crippen molar-refractivity contribution in [2.75, 3.05) is 44.8 Å². The summed E-state index contributed by atoms with van der Waals surface area (Å²) < 4.78 is 34.5. The summed E-state index contributed by atoms with van der Waals surface area (Å²) in [5, 5.41) is 10.5. The van der Waals surface area contributed by atoms with Gasteiger partial charge >= 0.3 is 0 Å². The van der Waals surface area contributed by atoms with E-state index in [0.29, 0.717) is 31.9 Å². The van der Waals surface area contributed by atoms with Crippen LogP contribution in [0.1, 0.15) is 24.5 Å². The maximum absolute atomic E-state index is 13.9. The van der Waals surface area contributed by atoms with Crippen molar-refractivity contribution in [3.8, 4) is 5.88 Å². The molecule has 2 aromatic heterocycles. The molecule has 1 saturated heterocycles. The normalized spacial score (nSPS) is 18.5. The minimum Gasteiger partial charge on any atom is -0.481 e. The van der Waals surface area contributed by atoms with E-state index in [9.17, 15) is 18.3 Å². The molecule has 12 heteroatoms. The lowest BCUT2D eigenvalue weighted by molar-refractivity contribution is -0.127. The van der Waals surface area contributed by atoms with Gasteiger partial charge in [0.05, 0.1) is 18.6 Å². The fraction of sp³-hybridized carbons (Fsp3) is 0.345. The number of nitrogens with zero attached hydrogens (tertiary/aromatic N) is 5. The lowest BCUT2D eigenvalue weighted by Gasteiger charge is -2.26. The van der Waals surface area contributed by atoms with Gasteiger partial charge in [-0.1, -0.05) is 41.7 Å². The van der Waals surface area contributed by atoms with Gasteiger partial charge in [-0.15, -0.1) is 0 Å². The van der Waals surface area contributed by atoms with Crippen molar-refractivity contribution in [3.63, 3.8) is 0 Å². The monoisotopic (exact) mass is 593 g/mol. The summed E-state index contributed by atoms with van der Waals surface area (Å²) in [5.41, 5.74) is 2.90. The lowest BCUT2D eigenvalue weighted by atomic mass is 9.81. The number of thiazole rings is 1. The molecule has 0 bridgehead atoms. The molecule has 2 aliphatic rings. The SMILES string of the molecule is COc1ccc2nc(N3CC4(CCN(C(C)=O)C4)c4cc(S(=O)(=O)N(CCO)Cc5ccccc5)ccc43)sc2n1. The maximum atomic E-state index is 13.9. The molecule has 4 aromatic rings. The molecule has 41 heavy (non-hydrogen) atoms. The average molecular weight is 594 g/mol. The molecular formula is C29H31N5O5S2. The quantitative estimate of drug-likeness (QED) is 0.330. The highest BCUT2D eigenvalue weighted by Crippen LogP contribution is 2.51. The van der Waals surface area contributed by atoms with E-state index >= 15 is 0 Å². The Morgan fingerprint density at radius 2 is 1.93 bits per heavy atom. The Morgan fingerprint density at radius 1 is 1.12 bits per heavy atom. The summed E-state index contributed by atoms with van der Waals surface area (Å²) in [4.78, 5) is 26.6. The maximum Gasteiger partial charge on any atom is 0.243 e. The van der Waals surface area contributed by atoms with Crippen LogP contribution >= 0.6 is 11.3 Å². The van der Waals surface area contributed by atoms with E-state index in [1.807, 2.05) is 47.4 Å². The van der Waals surface area contributed by atoms with Gasteiger partial charge < -0.3 is 19.6 Å². The number of amides is 1. The van der Waals surface area contributed by atoms with Crippen molar-refractivity contribution >= 4 is 48.4 Å². The fourth-order valence-corrected chi connectivity index (χ4v) is 8.21. The number of ether oxygens (including phenoxy) is 1. The molecule has 214 valence electrons. The van der Waals surface area contributed by atoms with Crippen LogP contribution in [-0.2, 0) is 26.8 Å². The van der Waals surface area contributed by atoms with Gasteiger partial charge in [-0.3, -0.25) is 4.79 Å². The molecule has 4 heterocycles. The molecule has 2 aromatic carbocycles. The number of hydrogen-bond donors (Lipinski definition) is 1. The predicted octanol–water partition coefficient (Wildman–Crippen LogP) is 3.52. The van der Waals surface area contributed by atoms with Crippen LogP contribution in [0.3, 0.4) is 0 Å². The third-order valence-corrected chi connectivity index (χ3v) is 10.8. The number of hydrogen-bond acceptors (Lipinski definition) is 9. The second kappa shape index (κ2) is 10.7. The first-order valence-corrected chi connectivity index (χ1v) is 15.6. The summed E-state index contributed by atoms with van der Waals surface area (Å²) in [6, 6.07) is 18.2. The molecule has 0 radical (unpaired) electrons. The minimum absolute atomic E-state index is 0.00100. The Morgan fingerprint density at radius 3 is 2.63 bits per heavy atom. The first-order chi connectivity index (χ1) is 19.7. The highest BCUT2D eigenvalue weighted by molar-refractivity contribution is 7.89. The van der Waals surface area contributed by atoms with E-state index in [0.717, 1.165) is 32.3 Å². The topological polar surface area (TPSA) is 116 Å². The van der Waals surface area contributed by atoms with E-state index in [4.69, 9.17) is 9.72 Å². The van der Waals surface area contributed by atoms with Crippen molar-refractivity contribution < 1.29 is 23.1 Å². The highest BCUT2D eigenvalue weighted by atomic mass is 32.2. The minimum atomic E-state index is -3.93. The Kier molecular flexibility index (Phi) is 7.18. The first kappa shape index (κ1) is 27.6. The molecular weight excluding hydrogens is 562 g/mol. The lowest BCUT2D eigenvalue weighted by Crippen LogP contribution is -2.36. The molecule has 1 fully saturated rings. The molecule has 1 unspecified atom stereocenters. The van der Waals surface area contributed by atoms with Gasteiger partial charge in [0.1, 0.15) is 10.3 Å². The van der Waals surface area contributed by atoms with Crippen LogP contribution in [0.5, 0.6) is 5.88 Å². The summed E-state index contributed by atoms with van der Waals surface area (Å²) in [7, 11) is -2.36. The van der Waals surface area contributed by atoms with E-state index < -0.39 is 15.4 Å². The second-order valence-corrected chi connectivity index (χ2v) is 13.4. The number of pyridine rings is 1. The van der Waals surface area contributed by atoms with Crippen LogP contribution < -0.4 is 9.64 Å². The van der Waals surface area contributed by atoms with Gasteiger partial charge in [-0.25, -0.2) is 18.4 Å². The molecule has 1 spiro atoms.